The molecule has 5 rings (SSSR count). The maximum absolute atomic E-state index is 15.5. The molecule has 3 aromatic rings. The van der Waals surface area contributed by atoms with Gasteiger partial charge in [-0.05, 0) is 84.9 Å². The Labute approximate surface area is 257 Å². The van der Waals surface area contributed by atoms with Crippen LogP contribution >= 0.6 is 0 Å². The average molecular weight is 609 g/mol. The summed E-state index contributed by atoms with van der Waals surface area (Å²) in [6.07, 6.45) is 8.78. The molecule has 2 aliphatic rings. The van der Waals surface area contributed by atoms with Crippen LogP contribution in [0.1, 0.15) is 79.9 Å². The number of nitrogens with zero attached hydrogens (tertiary/aromatic N) is 2. The van der Waals surface area contributed by atoms with E-state index in [1.165, 1.54) is 19.2 Å². The van der Waals surface area contributed by atoms with Gasteiger partial charge in [-0.1, -0.05) is 26.7 Å². The van der Waals surface area contributed by atoms with E-state index in [1.54, 1.807) is 18.5 Å². The number of carbonyl (C=O) groups is 1. The Morgan fingerprint density at radius 2 is 1.89 bits per heavy atom. The summed E-state index contributed by atoms with van der Waals surface area (Å²) < 4.78 is 47.4. The van der Waals surface area contributed by atoms with Crippen LogP contribution < -0.4 is 15.8 Å². The van der Waals surface area contributed by atoms with E-state index in [1.807, 2.05) is 6.07 Å². The minimum absolute atomic E-state index is 0.0308. The van der Waals surface area contributed by atoms with Gasteiger partial charge >= 0.3 is 0 Å². The number of ether oxygens (including phenoxy) is 3. The van der Waals surface area contributed by atoms with Gasteiger partial charge in [0, 0.05) is 25.5 Å². The van der Waals surface area contributed by atoms with Crippen LogP contribution in [0.4, 0.5) is 14.5 Å². The largest absolute Gasteiger partial charge is 0.496 e. The van der Waals surface area contributed by atoms with Crippen LogP contribution in [-0.4, -0.2) is 48.3 Å². The summed E-state index contributed by atoms with van der Waals surface area (Å²) in [5.41, 5.74) is 8.13. The standard InChI is InChI=1S/C34H42F2N4O4/c1-4-21-16-22(17-28(37)24(21)5-2)25-8-11-38-18-30(25)40-34(41)29-7-6-26(35)33(39-29)32-27(36)14-20(15-31(32)42-3)19-44-23-9-12-43-13-10-23/h6-8,11,14-15,18,21-24,28H,4-5,9-10,12-13,16-17,19,37H2,1-3H3,(H,40,41). The van der Waals surface area contributed by atoms with Crippen molar-refractivity contribution in [3.05, 3.63) is 71.2 Å². The molecular formula is C34H42F2N4O4. The Morgan fingerprint density at radius 3 is 2.61 bits per heavy atom. The third-order valence-electron chi connectivity index (χ3n) is 9.14. The Morgan fingerprint density at radius 1 is 1.09 bits per heavy atom. The molecule has 1 aliphatic heterocycles. The second-order valence-electron chi connectivity index (χ2n) is 11.8. The first-order chi connectivity index (χ1) is 21.3. The van der Waals surface area contributed by atoms with Crippen molar-refractivity contribution in [3.63, 3.8) is 0 Å². The van der Waals surface area contributed by atoms with Crippen molar-refractivity contribution in [2.24, 2.45) is 17.6 Å². The molecule has 0 spiro atoms. The molecule has 4 atom stereocenters. The first-order valence-electron chi connectivity index (χ1n) is 15.6. The zero-order valence-corrected chi connectivity index (χ0v) is 25.7. The van der Waals surface area contributed by atoms with Gasteiger partial charge in [-0.2, -0.15) is 0 Å². The third-order valence-corrected chi connectivity index (χ3v) is 9.14. The van der Waals surface area contributed by atoms with E-state index in [0.29, 0.717) is 36.3 Å². The smallest absolute Gasteiger partial charge is 0.274 e. The number of nitrogens with one attached hydrogen (secondary N) is 1. The van der Waals surface area contributed by atoms with Crippen LogP contribution in [0.3, 0.4) is 0 Å². The number of methoxy groups -OCH3 is 1. The van der Waals surface area contributed by atoms with Gasteiger partial charge in [-0.15, -0.1) is 0 Å². The SMILES string of the molecule is CCC1CC(c2ccncc2NC(=O)c2ccc(F)c(-c3c(F)cc(COC4CCOCC4)cc3OC)n2)CC(N)C1CC. The molecule has 4 unspecified atom stereocenters. The lowest BCUT2D eigenvalue weighted by Gasteiger charge is -2.40. The van der Waals surface area contributed by atoms with Crippen molar-refractivity contribution in [2.45, 2.75) is 77.0 Å². The fraction of sp³-hybridized carbons (Fsp3) is 0.500. The molecule has 10 heteroatoms. The van der Waals surface area contributed by atoms with E-state index in [4.69, 9.17) is 19.9 Å². The van der Waals surface area contributed by atoms with Crippen LogP contribution in [0.15, 0.2) is 42.7 Å². The fourth-order valence-electron chi connectivity index (χ4n) is 6.81. The topological polar surface area (TPSA) is 109 Å². The molecule has 236 valence electrons. The molecule has 3 N–H and O–H groups in total. The molecule has 1 saturated carbocycles. The molecule has 8 nitrogen and oxygen atoms in total. The van der Waals surface area contributed by atoms with E-state index in [-0.39, 0.29) is 47.4 Å². The molecule has 1 aliphatic carbocycles. The number of hydrogen-bond acceptors (Lipinski definition) is 7. The molecule has 0 radical (unpaired) electrons. The quantitative estimate of drug-likeness (QED) is 0.266. The molecular weight excluding hydrogens is 566 g/mol. The van der Waals surface area contributed by atoms with Crippen LogP contribution in [0.2, 0.25) is 0 Å². The van der Waals surface area contributed by atoms with Crippen LogP contribution in [0.5, 0.6) is 5.75 Å². The van der Waals surface area contributed by atoms with E-state index < -0.39 is 17.5 Å². The van der Waals surface area contributed by atoms with Crippen LogP contribution in [0, 0.1) is 23.5 Å². The maximum atomic E-state index is 15.5. The highest BCUT2D eigenvalue weighted by molar-refractivity contribution is 6.03. The first kappa shape index (κ1) is 31.9. The summed E-state index contributed by atoms with van der Waals surface area (Å²) in [7, 11) is 1.38. The van der Waals surface area contributed by atoms with Crippen LogP contribution in [-0.2, 0) is 16.1 Å². The summed E-state index contributed by atoms with van der Waals surface area (Å²) in [4.78, 5) is 22.0. The summed E-state index contributed by atoms with van der Waals surface area (Å²) >= 11 is 0. The summed E-state index contributed by atoms with van der Waals surface area (Å²) in [6.45, 7) is 5.82. The van der Waals surface area contributed by atoms with E-state index in [9.17, 15) is 4.79 Å². The van der Waals surface area contributed by atoms with Gasteiger partial charge in [0.05, 0.1) is 37.3 Å². The molecule has 2 aromatic heterocycles. The fourth-order valence-corrected chi connectivity index (χ4v) is 6.81. The first-order valence-corrected chi connectivity index (χ1v) is 15.6. The van der Waals surface area contributed by atoms with Gasteiger partial charge < -0.3 is 25.3 Å². The molecule has 44 heavy (non-hydrogen) atoms. The van der Waals surface area contributed by atoms with E-state index >= 15 is 8.78 Å². The highest BCUT2D eigenvalue weighted by Crippen LogP contribution is 2.43. The number of hydrogen-bond donors (Lipinski definition) is 2. The number of carbonyl (C=O) groups excluding carboxylic acids is 1. The number of nitrogens with two attached hydrogens (primary N) is 1. The molecule has 2 fully saturated rings. The predicted molar refractivity (Wildman–Crippen MR) is 164 cm³/mol. The lowest BCUT2D eigenvalue weighted by atomic mass is 9.67. The van der Waals surface area contributed by atoms with Gasteiger partial charge in [-0.3, -0.25) is 9.78 Å². The van der Waals surface area contributed by atoms with Gasteiger partial charge in [0.2, 0.25) is 0 Å². The second kappa shape index (κ2) is 14.5. The molecule has 1 saturated heterocycles. The number of anilines is 1. The third kappa shape index (κ3) is 7.08. The van der Waals surface area contributed by atoms with Crippen molar-refractivity contribution in [2.75, 3.05) is 25.6 Å². The number of benzene rings is 1. The predicted octanol–water partition coefficient (Wildman–Crippen LogP) is 6.64. The Hall–Kier alpha value is -3.47. The summed E-state index contributed by atoms with van der Waals surface area (Å²) in [5, 5.41) is 2.92. The highest BCUT2D eigenvalue weighted by Gasteiger charge is 2.35. The average Bonchev–Trinajstić information content (AvgIpc) is 3.04. The van der Waals surface area contributed by atoms with E-state index in [2.05, 4.69) is 29.1 Å². The van der Waals surface area contributed by atoms with Crippen molar-refractivity contribution in [1.82, 2.24) is 9.97 Å². The summed E-state index contributed by atoms with van der Waals surface area (Å²) in [6, 6.07) is 7.28. The van der Waals surface area contributed by atoms with Gasteiger partial charge in [-0.25, -0.2) is 13.8 Å². The molecule has 1 amide bonds. The second-order valence-corrected chi connectivity index (χ2v) is 11.8. The highest BCUT2D eigenvalue weighted by atomic mass is 19.1. The number of aromatic nitrogens is 2. The minimum Gasteiger partial charge on any atom is -0.496 e. The number of pyridine rings is 2. The minimum atomic E-state index is -0.778. The van der Waals surface area contributed by atoms with Crippen molar-refractivity contribution in [1.29, 1.82) is 0 Å². The number of amides is 1. The zero-order valence-electron chi connectivity index (χ0n) is 25.7. The van der Waals surface area contributed by atoms with Crippen molar-refractivity contribution < 1.29 is 27.8 Å². The lowest BCUT2D eigenvalue weighted by Crippen LogP contribution is -2.41. The van der Waals surface area contributed by atoms with Crippen molar-refractivity contribution in [3.8, 4) is 17.0 Å². The van der Waals surface area contributed by atoms with Gasteiger partial charge in [0.15, 0.2) is 0 Å². The Kier molecular flexibility index (Phi) is 10.6. The van der Waals surface area contributed by atoms with Gasteiger partial charge in [0.1, 0.15) is 28.8 Å². The normalized spacial score (nSPS) is 22.5. The molecule has 3 heterocycles. The number of halogens is 2. The monoisotopic (exact) mass is 608 g/mol. The molecule has 1 aromatic carbocycles. The lowest BCUT2D eigenvalue weighted by molar-refractivity contribution is -0.0391. The number of rotatable bonds is 10. The van der Waals surface area contributed by atoms with E-state index in [0.717, 1.165) is 50.2 Å². The van der Waals surface area contributed by atoms with Crippen LogP contribution in [0.25, 0.3) is 11.3 Å². The Balaban J connectivity index is 1.37. The zero-order chi connectivity index (χ0) is 31.2. The molecule has 0 bridgehead atoms. The summed E-state index contributed by atoms with van der Waals surface area (Å²) in [5.74, 6) is -0.823. The Bertz CT molecular complexity index is 1450. The van der Waals surface area contributed by atoms with Gasteiger partial charge in [0.25, 0.3) is 5.91 Å². The van der Waals surface area contributed by atoms with Crippen molar-refractivity contribution >= 4 is 11.6 Å². The maximum Gasteiger partial charge on any atom is 0.274 e.